The van der Waals surface area contributed by atoms with Crippen molar-refractivity contribution >= 4 is 38.5 Å². The summed E-state index contributed by atoms with van der Waals surface area (Å²) in [6.45, 7) is 5.05. The minimum Gasteiger partial charge on any atom is -0.422 e. The van der Waals surface area contributed by atoms with Crippen LogP contribution in [0.3, 0.4) is 0 Å². The summed E-state index contributed by atoms with van der Waals surface area (Å²) in [5.41, 5.74) is 6.98. The van der Waals surface area contributed by atoms with E-state index in [1.165, 1.54) is 19.0 Å². The molecule has 2 aliphatic heterocycles. The van der Waals surface area contributed by atoms with Crippen LogP contribution >= 0.6 is 0 Å². The molecule has 0 radical (unpaired) electrons. The number of benzene rings is 2. The minimum atomic E-state index is -4.32. The molecule has 1 unspecified atom stereocenters. The number of rotatable bonds is 7. The summed E-state index contributed by atoms with van der Waals surface area (Å²) in [6, 6.07) is 5.93. The average molecular weight is 630 g/mol. The maximum absolute atomic E-state index is 15.0. The third-order valence-corrected chi connectivity index (χ3v) is 10.4. The van der Waals surface area contributed by atoms with Crippen LogP contribution in [0.4, 0.5) is 10.1 Å². The first-order valence-corrected chi connectivity index (χ1v) is 15.6. The monoisotopic (exact) mass is 629 g/mol. The fraction of sp³-hybridized carbons (Fsp3) is 0.433. The second-order valence-corrected chi connectivity index (χ2v) is 13.5. The van der Waals surface area contributed by atoms with E-state index in [2.05, 4.69) is 16.8 Å². The van der Waals surface area contributed by atoms with Gasteiger partial charge in [0, 0.05) is 69.6 Å². The zero-order chi connectivity index (χ0) is 32.1. The first-order valence-electron chi connectivity index (χ1n) is 14.1. The zero-order valence-electron chi connectivity index (χ0n) is 25.3. The molecule has 1 saturated heterocycles. The number of primary amides is 1. The van der Waals surface area contributed by atoms with Crippen molar-refractivity contribution in [2.24, 2.45) is 5.73 Å². The Labute approximate surface area is 254 Å². The fourth-order valence-corrected chi connectivity index (χ4v) is 7.16. The maximum Gasteiger partial charge on any atom is 0.341 e. The number of anilines is 1. The normalized spacial score (nSPS) is 17.8. The van der Waals surface area contributed by atoms with Crippen molar-refractivity contribution in [1.29, 1.82) is 0 Å². The van der Waals surface area contributed by atoms with Gasteiger partial charge in [-0.2, -0.15) is 0 Å². The third kappa shape index (κ3) is 5.47. The molecule has 3 aromatic rings. The van der Waals surface area contributed by atoms with Gasteiger partial charge in [0.15, 0.2) is 0 Å². The van der Waals surface area contributed by atoms with E-state index in [4.69, 9.17) is 14.9 Å². The number of carbonyl (C=O) groups is 2. The molecule has 3 heterocycles. The molecule has 0 aliphatic carbocycles. The number of piperazine rings is 1. The van der Waals surface area contributed by atoms with Crippen molar-refractivity contribution in [3.8, 4) is 0 Å². The SMILES string of the molecule is COCC1CN(c2ccc3c4c(c(=O)oc3c2C)CN(C(=O)c2cc(F)c(C(N)=O)c(S(=O)(=O)N(C)C)c2)CC4)CCN1C. The van der Waals surface area contributed by atoms with Gasteiger partial charge in [-0.15, -0.1) is 0 Å². The van der Waals surface area contributed by atoms with Gasteiger partial charge in [-0.05, 0) is 50.2 Å². The molecular formula is C30H36FN5O7S. The largest absolute Gasteiger partial charge is 0.422 e. The highest BCUT2D eigenvalue weighted by Gasteiger charge is 2.32. The van der Waals surface area contributed by atoms with Crippen molar-refractivity contribution in [3.63, 3.8) is 0 Å². The number of likely N-dealkylation sites (N-methyl/N-ethyl adjacent to an activating group) is 1. The van der Waals surface area contributed by atoms with Gasteiger partial charge in [-0.1, -0.05) is 0 Å². The number of methoxy groups -OCH3 is 1. The predicted octanol–water partition coefficient (Wildman–Crippen LogP) is 1.56. The summed E-state index contributed by atoms with van der Waals surface area (Å²) in [4.78, 5) is 43.9. The number of halogens is 1. The Balaban J connectivity index is 1.48. The van der Waals surface area contributed by atoms with Crippen LogP contribution in [0.2, 0.25) is 0 Å². The zero-order valence-corrected chi connectivity index (χ0v) is 26.2. The fourth-order valence-electron chi connectivity index (χ4n) is 6.03. The molecule has 1 aromatic heterocycles. The number of carbonyl (C=O) groups excluding carboxylic acids is 2. The number of amides is 2. The van der Waals surface area contributed by atoms with Gasteiger partial charge in [0.25, 0.3) is 11.8 Å². The molecule has 14 heteroatoms. The molecule has 236 valence electrons. The summed E-state index contributed by atoms with van der Waals surface area (Å²) in [7, 11) is 1.87. The highest BCUT2D eigenvalue weighted by molar-refractivity contribution is 7.89. The van der Waals surface area contributed by atoms with Crippen molar-refractivity contribution in [1.82, 2.24) is 14.1 Å². The van der Waals surface area contributed by atoms with Gasteiger partial charge in [-0.3, -0.25) is 14.5 Å². The van der Waals surface area contributed by atoms with Crippen molar-refractivity contribution < 1.29 is 31.6 Å². The number of hydrogen-bond acceptors (Lipinski definition) is 9. The minimum absolute atomic E-state index is 0.112. The second-order valence-electron chi connectivity index (χ2n) is 11.4. The Morgan fingerprint density at radius 2 is 1.89 bits per heavy atom. The predicted molar refractivity (Wildman–Crippen MR) is 162 cm³/mol. The van der Waals surface area contributed by atoms with Gasteiger partial charge >= 0.3 is 5.63 Å². The molecule has 0 saturated carbocycles. The summed E-state index contributed by atoms with van der Waals surface area (Å²) in [6.07, 6.45) is 0.330. The van der Waals surface area contributed by atoms with Crippen LogP contribution in [-0.2, 0) is 27.7 Å². The quantitative estimate of drug-likeness (QED) is 0.385. The van der Waals surface area contributed by atoms with Crippen LogP contribution in [0.5, 0.6) is 0 Å². The van der Waals surface area contributed by atoms with E-state index in [0.29, 0.717) is 24.2 Å². The highest BCUT2D eigenvalue weighted by atomic mass is 32.2. The Kier molecular flexibility index (Phi) is 8.55. The molecule has 0 spiro atoms. The Bertz CT molecular complexity index is 1820. The smallest absolute Gasteiger partial charge is 0.341 e. The molecule has 1 fully saturated rings. The number of fused-ring (bicyclic) bond motifs is 3. The van der Waals surface area contributed by atoms with E-state index < -0.39 is 43.7 Å². The maximum atomic E-state index is 15.0. The lowest BCUT2D eigenvalue weighted by molar-refractivity contribution is 0.0731. The van der Waals surface area contributed by atoms with Gasteiger partial charge in [0.05, 0.1) is 35.2 Å². The molecule has 2 N–H and O–H groups in total. The Hall–Kier alpha value is -3.85. The van der Waals surface area contributed by atoms with E-state index in [0.717, 1.165) is 58.3 Å². The third-order valence-electron chi connectivity index (χ3n) is 8.56. The summed E-state index contributed by atoms with van der Waals surface area (Å²) in [5.74, 6) is -3.21. The molecular weight excluding hydrogens is 593 g/mol. The lowest BCUT2D eigenvalue weighted by Crippen LogP contribution is -2.53. The molecule has 0 bridgehead atoms. The van der Waals surface area contributed by atoms with Crippen LogP contribution in [-0.4, -0.2) is 101 Å². The lowest BCUT2D eigenvalue weighted by atomic mass is 9.95. The van der Waals surface area contributed by atoms with Crippen molar-refractivity contribution in [3.05, 3.63) is 68.3 Å². The number of hydrogen-bond donors (Lipinski definition) is 1. The molecule has 2 aromatic carbocycles. The standard InChI is InChI=1S/C30H36FN5O7S/c1-17-24(35-11-10-34(4)19(14-35)16-42-5)7-6-21-20-8-9-36(15-22(20)30(39)43-27(17)21)29(38)18-12-23(31)26(28(32)37)25(13-18)44(40,41)33(2)3/h6-7,12-13,19H,8-11,14-16H2,1-5H3,(H2,32,37). The number of aryl methyl sites for hydroxylation is 1. The van der Waals surface area contributed by atoms with E-state index in [1.54, 1.807) is 7.11 Å². The van der Waals surface area contributed by atoms with E-state index in [9.17, 15) is 22.8 Å². The van der Waals surface area contributed by atoms with Crippen LogP contribution in [0.15, 0.2) is 38.4 Å². The summed E-state index contributed by atoms with van der Waals surface area (Å²) in [5, 5.41) is 0.784. The number of sulfonamides is 1. The van der Waals surface area contributed by atoms with Crippen LogP contribution in [0.25, 0.3) is 11.0 Å². The molecule has 5 rings (SSSR count). The number of nitrogens with two attached hydrogens (primary N) is 1. The lowest BCUT2D eigenvalue weighted by Gasteiger charge is -2.41. The van der Waals surface area contributed by atoms with Crippen LogP contribution < -0.4 is 16.3 Å². The molecule has 44 heavy (non-hydrogen) atoms. The Morgan fingerprint density at radius 1 is 1.16 bits per heavy atom. The number of ether oxygens (including phenoxy) is 1. The van der Waals surface area contributed by atoms with E-state index in [1.807, 2.05) is 19.1 Å². The Morgan fingerprint density at radius 3 is 2.55 bits per heavy atom. The average Bonchev–Trinajstić information content (AvgIpc) is 2.98. The van der Waals surface area contributed by atoms with Gasteiger partial charge in [0.1, 0.15) is 11.4 Å². The van der Waals surface area contributed by atoms with E-state index in [-0.39, 0.29) is 24.7 Å². The number of nitrogens with zero attached hydrogens (tertiary/aromatic N) is 4. The van der Waals surface area contributed by atoms with Gasteiger partial charge in [0.2, 0.25) is 10.0 Å². The van der Waals surface area contributed by atoms with Gasteiger partial charge in [-0.25, -0.2) is 21.9 Å². The molecule has 2 aliphatic rings. The highest BCUT2D eigenvalue weighted by Crippen LogP contribution is 2.34. The molecule has 12 nitrogen and oxygen atoms in total. The topological polar surface area (TPSA) is 147 Å². The summed E-state index contributed by atoms with van der Waals surface area (Å²) >= 11 is 0. The van der Waals surface area contributed by atoms with Crippen molar-refractivity contribution in [2.75, 3.05) is 65.9 Å². The van der Waals surface area contributed by atoms with Crippen LogP contribution in [0.1, 0.15) is 37.4 Å². The molecule has 2 amide bonds. The van der Waals surface area contributed by atoms with Crippen LogP contribution in [0, 0.1) is 12.7 Å². The van der Waals surface area contributed by atoms with Crippen molar-refractivity contribution in [2.45, 2.75) is 30.8 Å². The second kappa shape index (κ2) is 11.9. The van der Waals surface area contributed by atoms with E-state index >= 15 is 4.39 Å². The summed E-state index contributed by atoms with van der Waals surface area (Å²) < 4.78 is 52.8. The molecule has 1 atom stereocenters. The van der Waals surface area contributed by atoms with Gasteiger partial charge < -0.3 is 24.7 Å². The first-order chi connectivity index (χ1) is 20.8. The first kappa shape index (κ1) is 31.6.